The molecule has 5 heteroatoms. The van der Waals surface area contributed by atoms with E-state index in [-0.39, 0.29) is 62.6 Å². The first-order valence-electron chi connectivity index (χ1n) is 14.2. The Balaban J connectivity index is 1.69. The SMILES string of the molecule is CC(=O)NC12CCC(C)(C)CC1C1C(=O)C=C3C4(C)C=C(C#N)C(=O)C(C)(C)C4CCC3(C)C1(C)CC2. The van der Waals surface area contributed by atoms with Crippen molar-refractivity contribution in [3.63, 3.8) is 0 Å². The standard InChI is InChI=1S/C32H44N2O3/c1-19(35)34-32-13-11-27(2,3)17-21(32)25-22(36)15-24-29(6)16-20(18-33)26(37)28(4,5)23(29)9-10-30(24,7)31(25,8)12-14-32/h15-16,21,23,25H,9-14,17H2,1-8H3,(H,34,35). The highest BCUT2D eigenvalue weighted by atomic mass is 16.1. The molecule has 5 aliphatic carbocycles. The monoisotopic (exact) mass is 504 g/mol. The maximum Gasteiger partial charge on any atom is 0.217 e. The van der Waals surface area contributed by atoms with Crippen LogP contribution < -0.4 is 5.32 Å². The van der Waals surface area contributed by atoms with Gasteiger partial charge in [-0.3, -0.25) is 14.4 Å². The summed E-state index contributed by atoms with van der Waals surface area (Å²) in [4.78, 5) is 40.0. The number of nitrogens with zero attached hydrogens (tertiary/aromatic N) is 1. The minimum absolute atomic E-state index is 0.00435. The largest absolute Gasteiger partial charge is 0.351 e. The molecule has 0 spiro atoms. The van der Waals surface area contributed by atoms with Crippen LogP contribution in [0.2, 0.25) is 0 Å². The first-order valence-corrected chi connectivity index (χ1v) is 14.2. The summed E-state index contributed by atoms with van der Waals surface area (Å²) in [6.07, 6.45) is 10.3. The van der Waals surface area contributed by atoms with Crippen LogP contribution in [0.4, 0.5) is 0 Å². The minimum atomic E-state index is -0.655. The van der Waals surface area contributed by atoms with E-state index in [1.165, 1.54) is 0 Å². The summed E-state index contributed by atoms with van der Waals surface area (Å²) in [5.74, 6) is 0.0916. The van der Waals surface area contributed by atoms with Gasteiger partial charge in [-0.25, -0.2) is 0 Å². The predicted molar refractivity (Wildman–Crippen MR) is 143 cm³/mol. The topological polar surface area (TPSA) is 87.0 Å². The van der Waals surface area contributed by atoms with E-state index in [0.717, 1.165) is 50.5 Å². The van der Waals surface area contributed by atoms with E-state index in [4.69, 9.17) is 0 Å². The zero-order chi connectivity index (χ0) is 27.4. The average Bonchev–Trinajstić information content (AvgIpc) is 2.78. The molecular weight excluding hydrogens is 460 g/mol. The van der Waals surface area contributed by atoms with Gasteiger partial charge in [0.15, 0.2) is 11.6 Å². The van der Waals surface area contributed by atoms with Gasteiger partial charge in [0.2, 0.25) is 5.91 Å². The van der Waals surface area contributed by atoms with Crippen LogP contribution in [0.3, 0.4) is 0 Å². The summed E-state index contributed by atoms with van der Waals surface area (Å²) < 4.78 is 0. The Kier molecular flexibility index (Phi) is 5.47. The van der Waals surface area contributed by atoms with Crippen molar-refractivity contribution in [2.24, 2.45) is 44.8 Å². The van der Waals surface area contributed by atoms with E-state index < -0.39 is 10.8 Å². The number of ketones is 2. The van der Waals surface area contributed by atoms with E-state index in [1.807, 2.05) is 26.0 Å². The van der Waals surface area contributed by atoms with Gasteiger partial charge in [0.25, 0.3) is 0 Å². The Hall–Kier alpha value is -2.22. The summed E-state index contributed by atoms with van der Waals surface area (Å²) in [5.41, 5.74) is -0.501. The van der Waals surface area contributed by atoms with Crippen LogP contribution >= 0.6 is 0 Å². The number of fused-ring (bicyclic) bond motifs is 7. The normalized spacial score (nSPS) is 45.6. The highest BCUT2D eigenvalue weighted by Gasteiger charge is 2.69. The molecule has 5 aliphatic rings. The van der Waals surface area contributed by atoms with Gasteiger partial charge in [-0.15, -0.1) is 0 Å². The van der Waals surface area contributed by atoms with E-state index in [2.05, 4.69) is 46.0 Å². The molecule has 7 unspecified atom stereocenters. The highest BCUT2D eigenvalue weighted by Crippen LogP contribution is 2.73. The number of carbonyl (C=O) groups is 3. The average molecular weight is 505 g/mol. The second-order valence-electron chi connectivity index (χ2n) is 15.1. The third-order valence-corrected chi connectivity index (χ3v) is 12.3. The van der Waals surface area contributed by atoms with Crippen molar-refractivity contribution in [2.45, 2.75) is 106 Å². The fourth-order valence-electron chi connectivity index (χ4n) is 10.2. The van der Waals surface area contributed by atoms with Crippen LogP contribution in [0.1, 0.15) is 100 Å². The lowest BCUT2D eigenvalue weighted by molar-refractivity contribution is -0.163. The number of rotatable bonds is 1. The lowest BCUT2D eigenvalue weighted by atomic mass is 9.35. The molecule has 1 N–H and O–H groups in total. The number of Topliss-reactive ketones (excluding diaryl/α,β-unsaturated/α-hetero) is 1. The molecule has 0 aromatic carbocycles. The zero-order valence-corrected chi connectivity index (χ0v) is 24.0. The number of hydrogen-bond acceptors (Lipinski definition) is 4. The van der Waals surface area contributed by atoms with Gasteiger partial charge < -0.3 is 5.32 Å². The first kappa shape index (κ1) is 26.4. The van der Waals surface area contributed by atoms with E-state index in [9.17, 15) is 19.6 Å². The van der Waals surface area contributed by atoms with Gasteiger partial charge in [0.1, 0.15) is 6.07 Å². The summed E-state index contributed by atoms with van der Waals surface area (Å²) in [7, 11) is 0. The molecule has 0 aliphatic heterocycles. The van der Waals surface area contributed by atoms with Crippen LogP contribution in [0.25, 0.3) is 0 Å². The lowest BCUT2D eigenvalue weighted by Crippen LogP contribution is -2.69. The second-order valence-corrected chi connectivity index (χ2v) is 15.1. The number of allylic oxidation sites excluding steroid dienone is 4. The predicted octanol–water partition coefficient (Wildman–Crippen LogP) is 6.09. The second kappa shape index (κ2) is 7.67. The van der Waals surface area contributed by atoms with Crippen molar-refractivity contribution in [3.8, 4) is 6.07 Å². The number of amides is 1. The van der Waals surface area contributed by atoms with Gasteiger partial charge >= 0.3 is 0 Å². The Morgan fingerprint density at radius 2 is 1.65 bits per heavy atom. The van der Waals surface area contributed by atoms with Gasteiger partial charge in [0.05, 0.1) is 5.57 Å². The molecule has 0 saturated heterocycles. The molecule has 5 rings (SSSR count). The van der Waals surface area contributed by atoms with Gasteiger partial charge in [-0.05, 0) is 79.1 Å². The summed E-state index contributed by atoms with van der Waals surface area (Å²) in [6, 6.07) is 2.18. The first-order chi connectivity index (χ1) is 17.0. The van der Waals surface area contributed by atoms with Crippen LogP contribution in [0.15, 0.2) is 23.3 Å². The number of hydrogen-bond donors (Lipinski definition) is 1. The van der Waals surface area contributed by atoms with Gasteiger partial charge in [-0.1, -0.05) is 60.1 Å². The summed E-state index contributed by atoms with van der Waals surface area (Å²) >= 11 is 0. The molecule has 37 heavy (non-hydrogen) atoms. The van der Waals surface area contributed by atoms with Crippen molar-refractivity contribution in [1.29, 1.82) is 5.26 Å². The third-order valence-electron chi connectivity index (χ3n) is 12.3. The molecular formula is C32H44N2O3. The molecule has 0 aromatic heterocycles. The molecule has 1 amide bonds. The van der Waals surface area contributed by atoms with Crippen LogP contribution in [0.5, 0.6) is 0 Å². The molecule has 3 saturated carbocycles. The van der Waals surface area contributed by atoms with Crippen LogP contribution in [-0.4, -0.2) is 23.0 Å². The Morgan fingerprint density at radius 1 is 1.00 bits per heavy atom. The fourth-order valence-corrected chi connectivity index (χ4v) is 10.2. The van der Waals surface area contributed by atoms with E-state index in [0.29, 0.717) is 0 Å². The number of carbonyl (C=O) groups excluding carboxylic acids is 3. The molecule has 200 valence electrons. The molecule has 5 nitrogen and oxygen atoms in total. The molecule has 0 aromatic rings. The van der Waals surface area contributed by atoms with Gasteiger partial charge in [-0.2, -0.15) is 5.26 Å². The minimum Gasteiger partial charge on any atom is -0.351 e. The van der Waals surface area contributed by atoms with Crippen molar-refractivity contribution in [2.75, 3.05) is 0 Å². The van der Waals surface area contributed by atoms with Gasteiger partial charge in [0, 0.05) is 29.2 Å². The Labute approximate surface area is 222 Å². The maximum atomic E-state index is 14.4. The molecule has 3 fully saturated rings. The quantitative estimate of drug-likeness (QED) is 0.468. The summed E-state index contributed by atoms with van der Waals surface area (Å²) in [5, 5.41) is 13.2. The van der Waals surface area contributed by atoms with Crippen LogP contribution in [0, 0.1) is 56.2 Å². The number of nitriles is 1. The van der Waals surface area contributed by atoms with E-state index >= 15 is 0 Å². The van der Waals surface area contributed by atoms with Crippen molar-refractivity contribution in [3.05, 3.63) is 23.3 Å². The lowest BCUT2D eigenvalue weighted by Gasteiger charge is -2.69. The third kappa shape index (κ3) is 3.29. The van der Waals surface area contributed by atoms with Crippen molar-refractivity contribution >= 4 is 17.5 Å². The smallest absolute Gasteiger partial charge is 0.217 e. The Bertz CT molecular complexity index is 1200. The fraction of sp³-hybridized carbons (Fsp3) is 0.750. The molecule has 0 heterocycles. The molecule has 0 radical (unpaired) electrons. The van der Waals surface area contributed by atoms with Crippen molar-refractivity contribution in [1.82, 2.24) is 5.32 Å². The highest BCUT2D eigenvalue weighted by molar-refractivity contribution is 6.04. The zero-order valence-electron chi connectivity index (χ0n) is 24.0. The number of nitrogens with one attached hydrogen (secondary N) is 1. The summed E-state index contributed by atoms with van der Waals surface area (Å²) in [6.45, 7) is 17.0. The van der Waals surface area contributed by atoms with Crippen molar-refractivity contribution < 1.29 is 14.4 Å². The van der Waals surface area contributed by atoms with Crippen LogP contribution in [-0.2, 0) is 14.4 Å². The molecule has 0 bridgehead atoms. The Morgan fingerprint density at radius 3 is 2.27 bits per heavy atom. The van der Waals surface area contributed by atoms with E-state index in [1.54, 1.807) is 6.92 Å². The maximum absolute atomic E-state index is 14.4. The molecule has 7 atom stereocenters.